The van der Waals surface area contributed by atoms with E-state index in [0.29, 0.717) is 19.3 Å². The fourth-order valence-corrected chi connectivity index (χ4v) is 4.47. The quantitative estimate of drug-likeness (QED) is 0.692. The average molecular weight is 254 g/mol. The summed E-state index contributed by atoms with van der Waals surface area (Å²) in [5.41, 5.74) is 1.62. The van der Waals surface area contributed by atoms with Gasteiger partial charge in [0.15, 0.2) is 0 Å². The molecule has 2 bridgehead atoms. The normalized spacial score (nSPS) is 41.4. The summed E-state index contributed by atoms with van der Waals surface area (Å²) in [7, 11) is 0. The summed E-state index contributed by atoms with van der Waals surface area (Å²) in [6.45, 7) is 4.35. The zero-order valence-electron chi connectivity index (χ0n) is 11.1. The molecule has 0 aromatic rings. The molecule has 100 valence electrons. The van der Waals surface area contributed by atoms with Gasteiger partial charge in [0.1, 0.15) is 6.29 Å². The Balaban J connectivity index is 1.82. The van der Waals surface area contributed by atoms with E-state index in [1.807, 2.05) is 0 Å². The molecule has 4 aliphatic rings. The van der Waals surface area contributed by atoms with Crippen molar-refractivity contribution in [2.75, 3.05) is 0 Å². The van der Waals surface area contributed by atoms with Crippen LogP contribution >= 0.6 is 0 Å². The number of aldehydes is 1. The third-order valence-electron chi connectivity index (χ3n) is 5.43. The van der Waals surface area contributed by atoms with Crippen molar-refractivity contribution in [2.45, 2.75) is 58.8 Å². The molecular formula is C15H20F2O. The van der Waals surface area contributed by atoms with Crippen molar-refractivity contribution in [3.05, 3.63) is 11.1 Å². The molecule has 0 aromatic heterocycles. The van der Waals surface area contributed by atoms with E-state index in [-0.39, 0.29) is 10.8 Å². The Morgan fingerprint density at radius 1 is 1.22 bits per heavy atom. The minimum absolute atomic E-state index is 0.0107. The molecule has 4 rings (SSSR count). The molecule has 0 amide bonds. The lowest BCUT2D eigenvalue weighted by Crippen LogP contribution is -2.66. The maximum Gasteiger partial charge on any atom is 0.244 e. The number of carbonyl (C=O) groups excluding carboxylic acids is 1. The minimum Gasteiger partial charge on any atom is -0.298 e. The molecule has 4 aliphatic carbocycles. The van der Waals surface area contributed by atoms with Gasteiger partial charge in [-0.05, 0) is 54.9 Å². The fourth-order valence-electron chi connectivity index (χ4n) is 4.47. The summed E-state index contributed by atoms with van der Waals surface area (Å²) < 4.78 is 25.7. The minimum atomic E-state index is -2.18. The maximum absolute atomic E-state index is 12.9. The number of hydrogen-bond acceptors (Lipinski definition) is 1. The summed E-state index contributed by atoms with van der Waals surface area (Å²) in [6, 6.07) is 0. The molecule has 0 saturated heterocycles. The smallest absolute Gasteiger partial charge is 0.244 e. The molecule has 3 fully saturated rings. The predicted octanol–water partition coefficient (Wildman–Crippen LogP) is 4.13. The van der Waals surface area contributed by atoms with Crippen molar-refractivity contribution in [3.8, 4) is 0 Å². The summed E-state index contributed by atoms with van der Waals surface area (Å²) in [4.78, 5) is 11.3. The second-order valence-electron chi connectivity index (χ2n) is 7.44. The van der Waals surface area contributed by atoms with E-state index in [0.717, 1.165) is 31.1 Å². The molecule has 0 atom stereocenters. The molecule has 0 aromatic carbocycles. The molecule has 0 radical (unpaired) electrons. The van der Waals surface area contributed by atoms with Gasteiger partial charge in [0.05, 0.1) is 0 Å². The number of allylic oxidation sites excluding steroid dienone is 2. The summed E-state index contributed by atoms with van der Waals surface area (Å²) in [6.07, 6.45) is 3.46. The number of rotatable bonds is 3. The Morgan fingerprint density at radius 3 is 2.33 bits per heavy atom. The second-order valence-corrected chi connectivity index (χ2v) is 7.44. The number of alkyl halides is 2. The third-order valence-corrected chi connectivity index (χ3v) is 5.43. The van der Waals surface area contributed by atoms with E-state index >= 15 is 0 Å². The molecule has 0 heterocycles. The first-order chi connectivity index (χ1) is 8.33. The number of hydrogen-bond donors (Lipinski definition) is 0. The monoisotopic (exact) mass is 254 g/mol. The van der Waals surface area contributed by atoms with E-state index < -0.39 is 11.8 Å². The SMILES string of the molecule is CC1(C)CCC(C23CC(C(F)F)(C2)C3)=C(C=O)C1. The first-order valence-electron chi connectivity index (χ1n) is 6.79. The van der Waals surface area contributed by atoms with Crippen LogP contribution in [0.25, 0.3) is 0 Å². The highest BCUT2D eigenvalue weighted by Crippen LogP contribution is 2.79. The number of halogens is 2. The van der Waals surface area contributed by atoms with Gasteiger partial charge < -0.3 is 0 Å². The van der Waals surface area contributed by atoms with E-state index in [2.05, 4.69) is 13.8 Å². The highest BCUT2D eigenvalue weighted by atomic mass is 19.3. The lowest BCUT2D eigenvalue weighted by atomic mass is 9.32. The van der Waals surface area contributed by atoms with Crippen LogP contribution < -0.4 is 0 Å². The van der Waals surface area contributed by atoms with Crippen LogP contribution in [0.2, 0.25) is 0 Å². The van der Waals surface area contributed by atoms with Crippen LogP contribution in [0.4, 0.5) is 8.78 Å². The van der Waals surface area contributed by atoms with Crippen molar-refractivity contribution in [3.63, 3.8) is 0 Å². The topological polar surface area (TPSA) is 17.1 Å². The largest absolute Gasteiger partial charge is 0.298 e. The van der Waals surface area contributed by atoms with Crippen LogP contribution in [0, 0.1) is 16.2 Å². The predicted molar refractivity (Wildman–Crippen MR) is 65.4 cm³/mol. The Hall–Kier alpha value is -0.730. The molecule has 1 nitrogen and oxygen atoms in total. The molecular weight excluding hydrogens is 234 g/mol. The lowest BCUT2D eigenvalue weighted by Gasteiger charge is -2.72. The Bertz CT molecular complexity index is 414. The Labute approximate surface area is 107 Å². The number of carbonyl (C=O) groups is 1. The van der Waals surface area contributed by atoms with Gasteiger partial charge in [-0.2, -0.15) is 0 Å². The molecule has 0 aliphatic heterocycles. The van der Waals surface area contributed by atoms with Gasteiger partial charge in [0.25, 0.3) is 0 Å². The molecule has 18 heavy (non-hydrogen) atoms. The molecule has 0 spiro atoms. The summed E-state index contributed by atoms with van der Waals surface area (Å²) in [5.74, 6) is 0. The molecule has 0 unspecified atom stereocenters. The van der Waals surface area contributed by atoms with Crippen molar-refractivity contribution < 1.29 is 13.6 Å². The van der Waals surface area contributed by atoms with Crippen LogP contribution in [-0.2, 0) is 4.79 Å². The molecule has 0 N–H and O–H groups in total. The van der Waals surface area contributed by atoms with Crippen molar-refractivity contribution in [1.82, 2.24) is 0 Å². The Kier molecular flexibility index (Phi) is 2.34. The molecule has 3 saturated carbocycles. The van der Waals surface area contributed by atoms with Gasteiger partial charge in [-0.15, -0.1) is 0 Å². The van der Waals surface area contributed by atoms with Crippen LogP contribution in [0.5, 0.6) is 0 Å². The highest BCUT2D eigenvalue weighted by Gasteiger charge is 2.73. The third kappa shape index (κ3) is 1.45. The van der Waals surface area contributed by atoms with E-state index in [4.69, 9.17) is 0 Å². The second kappa shape index (κ2) is 3.43. The van der Waals surface area contributed by atoms with Gasteiger partial charge in [-0.1, -0.05) is 19.4 Å². The van der Waals surface area contributed by atoms with E-state index in [1.165, 1.54) is 5.57 Å². The van der Waals surface area contributed by atoms with Crippen molar-refractivity contribution >= 4 is 6.29 Å². The van der Waals surface area contributed by atoms with Crippen LogP contribution in [-0.4, -0.2) is 12.7 Å². The van der Waals surface area contributed by atoms with Gasteiger partial charge in [-0.25, -0.2) is 8.78 Å². The summed E-state index contributed by atoms with van der Waals surface area (Å²) in [5, 5.41) is 0. The standard InChI is InChI=1S/C15H20F2O/c1-13(2)4-3-11(10(5-13)6-18)14-7-15(8-14,9-14)12(16)17/h6,12H,3-5,7-9H2,1-2H3. The van der Waals surface area contributed by atoms with E-state index in [9.17, 15) is 13.6 Å². The zero-order valence-corrected chi connectivity index (χ0v) is 11.1. The van der Waals surface area contributed by atoms with Gasteiger partial charge in [-0.3, -0.25) is 4.79 Å². The van der Waals surface area contributed by atoms with Gasteiger partial charge >= 0.3 is 0 Å². The first-order valence-corrected chi connectivity index (χ1v) is 6.79. The Morgan fingerprint density at radius 2 is 1.83 bits per heavy atom. The zero-order chi connectivity index (χ0) is 13.2. The summed E-state index contributed by atoms with van der Waals surface area (Å²) >= 11 is 0. The van der Waals surface area contributed by atoms with E-state index in [1.54, 1.807) is 0 Å². The fraction of sp³-hybridized carbons (Fsp3) is 0.800. The van der Waals surface area contributed by atoms with Crippen LogP contribution in [0.3, 0.4) is 0 Å². The van der Waals surface area contributed by atoms with Gasteiger partial charge in [0, 0.05) is 5.41 Å². The maximum atomic E-state index is 12.9. The van der Waals surface area contributed by atoms with Crippen molar-refractivity contribution in [2.24, 2.45) is 16.2 Å². The lowest BCUT2D eigenvalue weighted by molar-refractivity contribution is -0.249. The van der Waals surface area contributed by atoms with Gasteiger partial charge in [0.2, 0.25) is 6.43 Å². The molecule has 3 heteroatoms. The average Bonchev–Trinajstić information content (AvgIpc) is 2.14. The highest BCUT2D eigenvalue weighted by molar-refractivity contribution is 5.76. The van der Waals surface area contributed by atoms with Crippen LogP contribution in [0.1, 0.15) is 52.4 Å². The van der Waals surface area contributed by atoms with Crippen LogP contribution in [0.15, 0.2) is 11.1 Å². The first kappa shape index (κ1) is 12.3. The van der Waals surface area contributed by atoms with Crippen molar-refractivity contribution in [1.29, 1.82) is 0 Å².